The topological polar surface area (TPSA) is 15.3 Å². The minimum absolute atomic E-state index is 0.106. The van der Waals surface area contributed by atoms with Crippen LogP contribution in [0, 0.1) is 11.7 Å². The number of hydrogen-bond donors (Lipinski definition) is 1. The zero-order valence-electron chi connectivity index (χ0n) is 12.1. The Morgan fingerprint density at radius 3 is 2.80 bits per heavy atom. The number of hydrogen-bond acceptors (Lipinski definition) is 2. The molecule has 0 radical (unpaired) electrons. The van der Waals surface area contributed by atoms with Crippen LogP contribution in [0.15, 0.2) is 22.7 Å². The second kappa shape index (κ2) is 5.39. The van der Waals surface area contributed by atoms with Gasteiger partial charge in [-0.25, -0.2) is 4.39 Å². The predicted octanol–water partition coefficient (Wildman–Crippen LogP) is 3.55. The zero-order valence-corrected chi connectivity index (χ0v) is 13.7. The molecule has 110 valence electrons. The third-order valence-corrected chi connectivity index (χ3v) is 4.91. The summed E-state index contributed by atoms with van der Waals surface area (Å²) in [7, 11) is 0. The molecule has 1 atom stereocenters. The molecule has 1 aromatic rings. The summed E-state index contributed by atoms with van der Waals surface area (Å²) < 4.78 is 14.9. The highest BCUT2D eigenvalue weighted by molar-refractivity contribution is 9.10. The van der Waals surface area contributed by atoms with Crippen molar-refractivity contribution in [2.75, 3.05) is 13.1 Å². The first-order chi connectivity index (χ1) is 9.44. The van der Waals surface area contributed by atoms with Crippen molar-refractivity contribution in [3.8, 4) is 0 Å². The second-order valence-electron chi connectivity index (χ2n) is 6.81. The van der Waals surface area contributed by atoms with Crippen LogP contribution < -0.4 is 5.32 Å². The molecule has 1 aromatic carbocycles. The Hall–Kier alpha value is -0.450. The van der Waals surface area contributed by atoms with Gasteiger partial charge in [0, 0.05) is 41.3 Å². The molecule has 2 aliphatic rings. The standard InChI is InChI=1S/C16H22BrFN2/c1-16(2)10-20(15(8-19-16)11-3-4-11)9-12-5-6-13(17)7-14(12)18/h5-7,11,15,19H,3-4,8-10H2,1-2H3. The Balaban J connectivity index is 1.78. The Labute approximate surface area is 128 Å². The van der Waals surface area contributed by atoms with Crippen LogP contribution in [0.2, 0.25) is 0 Å². The smallest absolute Gasteiger partial charge is 0.128 e. The summed E-state index contributed by atoms with van der Waals surface area (Å²) in [5.74, 6) is 0.697. The normalized spacial score (nSPS) is 26.7. The van der Waals surface area contributed by atoms with Gasteiger partial charge in [-0.2, -0.15) is 0 Å². The molecular formula is C16H22BrFN2. The van der Waals surface area contributed by atoms with E-state index in [0.717, 1.165) is 29.0 Å². The van der Waals surface area contributed by atoms with E-state index in [1.807, 2.05) is 12.1 Å². The Kier molecular flexibility index (Phi) is 3.91. The zero-order chi connectivity index (χ0) is 14.3. The van der Waals surface area contributed by atoms with Gasteiger partial charge < -0.3 is 5.32 Å². The lowest BCUT2D eigenvalue weighted by molar-refractivity contribution is 0.0749. The highest BCUT2D eigenvalue weighted by Gasteiger charge is 2.40. The van der Waals surface area contributed by atoms with Crippen molar-refractivity contribution < 1.29 is 4.39 Å². The molecule has 1 unspecified atom stereocenters. The molecule has 20 heavy (non-hydrogen) atoms. The number of benzene rings is 1. The molecule has 1 N–H and O–H groups in total. The van der Waals surface area contributed by atoms with Gasteiger partial charge in [-0.3, -0.25) is 4.90 Å². The van der Waals surface area contributed by atoms with Gasteiger partial charge in [-0.1, -0.05) is 22.0 Å². The van der Waals surface area contributed by atoms with Crippen LogP contribution in [0.1, 0.15) is 32.3 Å². The first-order valence-corrected chi connectivity index (χ1v) is 8.17. The number of nitrogens with one attached hydrogen (secondary N) is 1. The van der Waals surface area contributed by atoms with E-state index in [-0.39, 0.29) is 11.4 Å². The Morgan fingerprint density at radius 1 is 1.40 bits per heavy atom. The molecule has 1 aliphatic heterocycles. The van der Waals surface area contributed by atoms with E-state index in [1.165, 1.54) is 12.8 Å². The number of rotatable bonds is 3. The van der Waals surface area contributed by atoms with Gasteiger partial charge in [-0.15, -0.1) is 0 Å². The molecule has 1 saturated carbocycles. The van der Waals surface area contributed by atoms with Gasteiger partial charge in [0.25, 0.3) is 0 Å². The van der Waals surface area contributed by atoms with Gasteiger partial charge in [0.2, 0.25) is 0 Å². The van der Waals surface area contributed by atoms with Crippen molar-refractivity contribution in [3.63, 3.8) is 0 Å². The monoisotopic (exact) mass is 340 g/mol. The number of halogens is 2. The molecular weight excluding hydrogens is 319 g/mol. The highest BCUT2D eigenvalue weighted by Crippen LogP contribution is 2.38. The molecule has 1 aliphatic carbocycles. The molecule has 0 spiro atoms. The van der Waals surface area contributed by atoms with Crippen molar-refractivity contribution in [1.82, 2.24) is 10.2 Å². The average Bonchev–Trinajstić information content (AvgIpc) is 3.16. The molecule has 3 rings (SSSR count). The van der Waals surface area contributed by atoms with Gasteiger partial charge in [0.1, 0.15) is 5.82 Å². The molecule has 0 bridgehead atoms. The highest BCUT2D eigenvalue weighted by atomic mass is 79.9. The van der Waals surface area contributed by atoms with E-state index in [2.05, 4.69) is 40.0 Å². The van der Waals surface area contributed by atoms with E-state index < -0.39 is 0 Å². The summed E-state index contributed by atoms with van der Waals surface area (Å²) in [6, 6.07) is 5.96. The predicted molar refractivity (Wildman–Crippen MR) is 83.1 cm³/mol. The molecule has 2 fully saturated rings. The minimum atomic E-state index is -0.106. The summed E-state index contributed by atoms with van der Waals surface area (Å²) >= 11 is 3.32. The SMILES string of the molecule is CC1(C)CN(Cc2ccc(Br)cc2F)C(C2CC2)CN1. The second-order valence-corrected chi connectivity index (χ2v) is 7.73. The van der Waals surface area contributed by atoms with Crippen LogP contribution in [-0.2, 0) is 6.54 Å². The van der Waals surface area contributed by atoms with Crippen LogP contribution in [-0.4, -0.2) is 29.6 Å². The maximum absolute atomic E-state index is 14.1. The quantitative estimate of drug-likeness (QED) is 0.905. The maximum atomic E-state index is 14.1. The third-order valence-electron chi connectivity index (χ3n) is 4.41. The summed E-state index contributed by atoms with van der Waals surface area (Å²) in [5.41, 5.74) is 0.911. The van der Waals surface area contributed by atoms with Gasteiger partial charge in [0.15, 0.2) is 0 Å². The lowest BCUT2D eigenvalue weighted by Gasteiger charge is -2.45. The minimum Gasteiger partial charge on any atom is -0.309 e. The van der Waals surface area contributed by atoms with Crippen LogP contribution in [0.4, 0.5) is 4.39 Å². The molecule has 4 heteroatoms. The summed E-state index contributed by atoms with van der Waals surface area (Å²) in [6.07, 6.45) is 2.65. The first kappa shape index (κ1) is 14.5. The van der Waals surface area contributed by atoms with Crippen molar-refractivity contribution in [3.05, 3.63) is 34.1 Å². The van der Waals surface area contributed by atoms with E-state index in [0.29, 0.717) is 12.6 Å². The molecule has 1 heterocycles. The van der Waals surface area contributed by atoms with Crippen LogP contribution in [0.3, 0.4) is 0 Å². The number of piperazine rings is 1. The fourth-order valence-electron chi connectivity index (χ4n) is 3.18. The van der Waals surface area contributed by atoms with E-state index in [1.54, 1.807) is 6.07 Å². The third kappa shape index (κ3) is 3.23. The Morgan fingerprint density at radius 2 is 2.15 bits per heavy atom. The van der Waals surface area contributed by atoms with Crippen molar-refractivity contribution in [1.29, 1.82) is 0 Å². The summed E-state index contributed by atoms with van der Waals surface area (Å²) in [6.45, 7) is 7.16. The van der Waals surface area contributed by atoms with E-state index in [9.17, 15) is 4.39 Å². The molecule has 0 amide bonds. The fraction of sp³-hybridized carbons (Fsp3) is 0.625. The summed E-state index contributed by atoms with van der Waals surface area (Å²) in [4.78, 5) is 2.47. The van der Waals surface area contributed by atoms with Gasteiger partial charge in [-0.05, 0) is 44.7 Å². The van der Waals surface area contributed by atoms with Gasteiger partial charge >= 0.3 is 0 Å². The van der Waals surface area contributed by atoms with Gasteiger partial charge in [0.05, 0.1) is 0 Å². The molecule has 0 aromatic heterocycles. The Bertz CT molecular complexity index is 499. The maximum Gasteiger partial charge on any atom is 0.128 e. The lowest BCUT2D eigenvalue weighted by Crippen LogP contribution is -2.61. The van der Waals surface area contributed by atoms with Crippen LogP contribution >= 0.6 is 15.9 Å². The average molecular weight is 341 g/mol. The fourth-order valence-corrected chi connectivity index (χ4v) is 3.51. The number of nitrogens with zero attached hydrogens (tertiary/aromatic N) is 1. The van der Waals surface area contributed by atoms with Crippen LogP contribution in [0.25, 0.3) is 0 Å². The van der Waals surface area contributed by atoms with Crippen LogP contribution in [0.5, 0.6) is 0 Å². The molecule has 2 nitrogen and oxygen atoms in total. The first-order valence-electron chi connectivity index (χ1n) is 7.38. The summed E-state index contributed by atoms with van der Waals surface area (Å²) in [5, 5.41) is 3.63. The van der Waals surface area contributed by atoms with E-state index in [4.69, 9.17) is 0 Å². The largest absolute Gasteiger partial charge is 0.309 e. The van der Waals surface area contributed by atoms with Crippen molar-refractivity contribution in [2.24, 2.45) is 5.92 Å². The van der Waals surface area contributed by atoms with E-state index >= 15 is 0 Å². The van der Waals surface area contributed by atoms with Crippen molar-refractivity contribution in [2.45, 2.75) is 44.8 Å². The van der Waals surface area contributed by atoms with Crippen molar-refractivity contribution >= 4 is 15.9 Å². The lowest BCUT2D eigenvalue weighted by atomic mass is 9.96. The molecule has 1 saturated heterocycles.